The lowest BCUT2D eigenvalue weighted by Crippen LogP contribution is -2.54. The lowest BCUT2D eigenvalue weighted by Gasteiger charge is -2.39. The van der Waals surface area contributed by atoms with Gasteiger partial charge in [0.25, 0.3) is 0 Å². The van der Waals surface area contributed by atoms with Gasteiger partial charge >= 0.3 is 12.0 Å². The SMILES string of the molecule is COc1ccc(Cl)cc1CN[C@@H]1[C@@H](C2CC2)[C@H](C(=O)O)N(C(=O)N(C(C)C)C(C)C)[C@@H]1c1ccccc1. The molecule has 2 aliphatic rings. The van der Waals surface area contributed by atoms with E-state index in [2.05, 4.69) is 5.32 Å². The van der Waals surface area contributed by atoms with E-state index >= 15 is 0 Å². The molecule has 37 heavy (non-hydrogen) atoms. The molecule has 2 amide bonds. The Morgan fingerprint density at radius 3 is 2.30 bits per heavy atom. The number of hydrogen-bond donors (Lipinski definition) is 2. The number of likely N-dealkylation sites (tertiary alicyclic amines) is 1. The summed E-state index contributed by atoms with van der Waals surface area (Å²) >= 11 is 6.29. The van der Waals surface area contributed by atoms with E-state index < -0.39 is 18.1 Å². The van der Waals surface area contributed by atoms with Gasteiger partial charge < -0.3 is 25.0 Å². The zero-order valence-corrected chi connectivity index (χ0v) is 23.0. The van der Waals surface area contributed by atoms with E-state index in [1.165, 1.54) is 0 Å². The second-order valence-electron chi connectivity index (χ2n) is 10.7. The third-order valence-corrected chi connectivity index (χ3v) is 7.84. The minimum absolute atomic E-state index is 0.0690. The molecule has 2 aromatic rings. The normalized spacial score (nSPS) is 23.5. The monoisotopic (exact) mass is 527 g/mol. The summed E-state index contributed by atoms with van der Waals surface area (Å²) in [6.07, 6.45) is 1.93. The summed E-state index contributed by atoms with van der Waals surface area (Å²) in [6.45, 7) is 8.33. The van der Waals surface area contributed by atoms with Crippen LogP contribution >= 0.6 is 11.6 Å². The molecule has 1 saturated heterocycles. The lowest BCUT2D eigenvalue weighted by atomic mass is 9.86. The highest BCUT2D eigenvalue weighted by Gasteiger charge is 2.59. The summed E-state index contributed by atoms with van der Waals surface area (Å²) in [6, 6.07) is 13.3. The fourth-order valence-electron chi connectivity index (χ4n) is 6.04. The largest absolute Gasteiger partial charge is 0.496 e. The molecule has 4 atom stereocenters. The van der Waals surface area contributed by atoms with Gasteiger partial charge in [0.2, 0.25) is 0 Å². The fourth-order valence-corrected chi connectivity index (χ4v) is 6.24. The number of rotatable bonds is 9. The third kappa shape index (κ3) is 5.58. The molecule has 1 heterocycles. The van der Waals surface area contributed by atoms with Crippen LogP contribution in [-0.4, -0.2) is 58.2 Å². The van der Waals surface area contributed by atoms with Gasteiger partial charge in [-0.25, -0.2) is 9.59 Å². The summed E-state index contributed by atoms with van der Waals surface area (Å²) in [4.78, 5) is 30.5. The average Bonchev–Trinajstić information content (AvgIpc) is 3.63. The van der Waals surface area contributed by atoms with Crippen molar-refractivity contribution in [1.82, 2.24) is 15.1 Å². The van der Waals surface area contributed by atoms with Crippen LogP contribution in [0.4, 0.5) is 4.79 Å². The summed E-state index contributed by atoms with van der Waals surface area (Å²) in [5, 5.41) is 14.8. The number of nitrogens with one attached hydrogen (secondary N) is 1. The second-order valence-corrected chi connectivity index (χ2v) is 11.1. The molecule has 2 aromatic carbocycles. The number of ether oxygens (including phenoxy) is 1. The van der Waals surface area contributed by atoms with Crippen molar-refractivity contribution < 1.29 is 19.4 Å². The first kappa shape index (κ1) is 27.3. The summed E-state index contributed by atoms with van der Waals surface area (Å²) in [7, 11) is 1.62. The third-order valence-electron chi connectivity index (χ3n) is 7.60. The van der Waals surface area contributed by atoms with Gasteiger partial charge in [0.1, 0.15) is 11.8 Å². The van der Waals surface area contributed by atoms with E-state index in [-0.39, 0.29) is 36.0 Å². The van der Waals surface area contributed by atoms with Crippen molar-refractivity contribution in [2.45, 2.75) is 77.3 Å². The Balaban J connectivity index is 1.80. The minimum Gasteiger partial charge on any atom is -0.496 e. The number of carbonyl (C=O) groups is 2. The fraction of sp³-hybridized carbons (Fsp3) is 0.517. The predicted octanol–water partition coefficient (Wildman–Crippen LogP) is 5.58. The standard InChI is InChI=1S/C29H38ClN3O4/c1-17(2)32(18(3)4)29(36)33-26(20-9-7-6-8-10-20)25(24(19-11-12-19)27(33)28(34)35)31-16-21-15-22(30)13-14-23(21)37-5/h6-10,13-15,17-19,24-27,31H,11-12,16H2,1-5H3,(H,34,35)/t24-,25-,26-,27-/m1/s1. The van der Waals surface area contributed by atoms with Crippen LogP contribution < -0.4 is 10.1 Å². The first-order valence-electron chi connectivity index (χ1n) is 13.1. The smallest absolute Gasteiger partial charge is 0.326 e. The van der Waals surface area contributed by atoms with Crippen LogP contribution in [0.5, 0.6) is 5.75 Å². The topological polar surface area (TPSA) is 82.1 Å². The Bertz CT molecular complexity index is 1100. The Hall–Kier alpha value is -2.77. The number of carboxylic acid groups (broad SMARTS) is 1. The van der Waals surface area contributed by atoms with Crippen LogP contribution in [0.15, 0.2) is 48.5 Å². The second kappa shape index (κ2) is 11.3. The molecule has 1 saturated carbocycles. The van der Waals surface area contributed by atoms with Crippen LogP contribution in [0.1, 0.15) is 57.7 Å². The maximum Gasteiger partial charge on any atom is 0.326 e. The Morgan fingerprint density at radius 1 is 1.11 bits per heavy atom. The first-order chi connectivity index (χ1) is 17.6. The Labute approximate surface area is 224 Å². The molecule has 2 fully saturated rings. The van der Waals surface area contributed by atoms with Gasteiger partial charge in [0.15, 0.2) is 0 Å². The van der Waals surface area contributed by atoms with E-state index in [1.54, 1.807) is 23.0 Å². The first-order valence-corrected chi connectivity index (χ1v) is 13.5. The molecular formula is C29H38ClN3O4. The van der Waals surface area contributed by atoms with E-state index in [0.717, 1.165) is 24.0 Å². The molecule has 200 valence electrons. The molecule has 2 N–H and O–H groups in total. The van der Waals surface area contributed by atoms with Gasteiger partial charge in [-0.05, 0) is 70.2 Å². The zero-order valence-electron chi connectivity index (χ0n) is 22.2. The van der Waals surface area contributed by atoms with Crippen LogP contribution in [0.25, 0.3) is 0 Å². The molecule has 1 aliphatic carbocycles. The van der Waals surface area contributed by atoms with Crippen molar-refractivity contribution in [3.05, 3.63) is 64.7 Å². The molecule has 7 nitrogen and oxygen atoms in total. The number of aliphatic carboxylic acids is 1. The highest BCUT2D eigenvalue weighted by Crippen LogP contribution is 2.51. The molecule has 0 spiro atoms. The van der Waals surface area contributed by atoms with Gasteiger partial charge in [0.05, 0.1) is 13.2 Å². The van der Waals surface area contributed by atoms with E-state index in [9.17, 15) is 14.7 Å². The number of hydrogen-bond acceptors (Lipinski definition) is 4. The number of methoxy groups -OCH3 is 1. The lowest BCUT2D eigenvalue weighted by molar-refractivity contribution is -0.143. The number of halogens is 1. The minimum atomic E-state index is -0.955. The molecule has 0 bridgehead atoms. The van der Waals surface area contributed by atoms with Crippen LogP contribution in [0.2, 0.25) is 5.02 Å². The average molecular weight is 528 g/mol. The maximum absolute atomic E-state index is 14.2. The van der Waals surface area contributed by atoms with E-state index in [0.29, 0.717) is 17.3 Å². The van der Waals surface area contributed by atoms with Crippen molar-refractivity contribution in [3.63, 3.8) is 0 Å². The predicted molar refractivity (Wildman–Crippen MR) is 145 cm³/mol. The van der Waals surface area contributed by atoms with Crippen molar-refractivity contribution >= 4 is 23.6 Å². The van der Waals surface area contributed by atoms with E-state index in [1.807, 2.05) is 70.2 Å². The summed E-state index contributed by atoms with van der Waals surface area (Å²) < 4.78 is 5.55. The number of amides is 2. The van der Waals surface area contributed by atoms with E-state index in [4.69, 9.17) is 16.3 Å². The Kier molecular flexibility index (Phi) is 8.34. The molecule has 4 rings (SSSR count). The van der Waals surface area contributed by atoms with Gasteiger partial charge in [-0.15, -0.1) is 0 Å². The van der Waals surface area contributed by atoms with Crippen molar-refractivity contribution in [2.75, 3.05) is 7.11 Å². The molecule has 0 radical (unpaired) electrons. The maximum atomic E-state index is 14.2. The Morgan fingerprint density at radius 2 is 1.76 bits per heavy atom. The van der Waals surface area contributed by atoms with Crippen LogP contribution in [0.3, 0.4) is 0 Å². The molecule has 0 aromatic heterocycles. The quantitative estimate of drug-likeness (QED) is 0.444. The number of carbonyl (C=O) groups excluding carboxylic acids is 1. The number of carboxylic acids is 1. The van der Waals surface area contributed by atoms with Crippen molar-refractivity contribution in [2.24, 2.45) is 11.8 Å². The number of nitrogens with zero attached hydrogens (tertiary/aromatic N) is 2. The van der Waals surface area contributed by atoms with Crippen molar-refractivity contribution in [1.29, 1.82) is 0 Å². The molecule has 8 heteroatoms. The van der Waals surface area contributed by atoms with Gasteiger partial charge in [-0.3, -0.25) is 0 Å². The van der Waals surface area contributed by atoms with Crippen LogP contribution in [-0.2, 0) is 11.3 Å². The van der Waals surface area contributed by atoms with Gasteiger partial charge in [0, 0.05) is 41.2 Å². The number of urea groups is 1. The van der Waals surface area contributed by atoms with Crippen LogP contribution in [0, 0.1) is 11.8 Å². The zero-order chi connectivity index (χ0) is 26.9. The molecule has 1 aliphatic heterocycles. The molecule has 0 unspecified atom stereocenters. The highest BCUT2D eigenvalue weighted by atomic mass is 35.5. The van der Waals surface area contributed by atoms with Gasteiger partial charge in [-0.2, -0.15) is 0 Å². The number of benzene rings is 2. The summed E-state index contributed by atoms with van der Waals surface area (Å²) in [5.41, 5.74) is 1.81. The highest BCUT2D eigenvalue weighted by molar-refractivity contribution is 6.30. The molecular weight excluding hydrogens is 490 g/mol. The summed E-state index contributed by atoms with van der Waals surface area (Å²) in [5.74, 6) is -0.223. The van der Waals surface area contributed by atoms with Gasteiger partial charge in [-0.1, -0.05) is 41.9 Å². The van der Waals surface area contributed by atoms with Crippen molar-refractivity contribution in [3.8, 4) is 5.75 Å².